The van der Waals surface area contributed by atoms with Gasteiger partial charge < -0.3 is 25.5 Å². The second kappa shape index (κ2) is 7.65. The molecule has 2 amide bonds. The molecule has 0 bridgehead atoms. The predicted octanol–water partition coefficient (Wildman–Crippen LogP) is -2.04. The van der Waals surface area contributed by atoms with E-state index in [0.29, 0.717) is 6.54 Å². The smallest absolute Gasteiger partial charge is 0.275 e. The van der Waals surface area contributed by atoms with Gasteiger partial charge in [-0.3, -0.25) is 9.59 Å². The van der Waals surface area contributed by atoms with Gasteiger partial charge in [0.25, 0.3) is 5.91 Å². The number of hydrogen-bond acceptors (Lipinski definition) is 4. The fourth-order valence-corrected chi connectivity index (χ4v) is 2.53. The lowest BCUT2D eigenvalue weighted by Crippen LogP contribution is -3.16. The summed E-state index contributed by atoms with van der Waals surface area (Å²) in [5, 5.41) is 14.9. The molecular weight excluding hydrogens is 284 g/mol. The number of quaternary nitrogens is 1. The summed E-state index contributed by atoms with van der Waals surface area (Å²) in [6, 6.07) is 7.29. The second-order valence-electron chi connectivity index (χ2n) is 5.35. The van der Waals surface area contributed by atoms with Crippen molar-refractivity contribution in [2.75, 3.05) is 51.2 Å². The van der Waals surface area contributed by atoms with Gasteiger partial charge in [-0.25, -0.2) is 0 Å². The molecule has 0 radical (unpaired) electrons. The molecule has 22 heavy (non-hydrogen) atoms. The van der Waals surface area contributed by atoms with Gasteiger partial charge in [0.05, 0.1) is 38.4 Å². The van der Waals surface area contributed by atoms with Gasteiger partial charge in [0, 0.05) is 7.05 Å². The average Bonchev–Trinajstić information content (AvgIpc) is 2.54. The number of rotatable bonds is 5. The van der Waals surface area contributed by atoms with Crippen molar-refractivity contribution in [1.82, 2.24) is 10.6 Å². The van der Waals surface area contributed by atoms with E-state index in [2.05, 4.69) is 15.5 Å². The lowest BCUT2D eigenvalue weighted by atomic mass is 10.2. The number of hydrogen-bond donors (Lipinski definition) is 4. The van der Waals surface area contributed by atoms with Gasteiger partial charge in [-0.2, -0.15) is 0 Å². The van der Waals surface area contributed by atoms with Crippen molar-refractivity contribution in [1.29, 1.82) is 0 Å². The summed E-state index contributed by atoms with van der Waals surface area (Å²) >= 11 is 0. The van der Waals surface area contributed by atoms with Crippen molar-refractivity contribution in [2.24, 2.45) is 0 Å². The number of nitrogens with one attached hydrogen (secondary N) is 3. The number of phenolic OH excluding ortho intramolecular Hbond substituents is 1. The molecule has 120 valence electrons. The molecule has 0 atom stereocenters. The van der Waals surface area contributed by atoms with Crippen LogP contribution < -0.4 is 20.4 Å². The summed E-state index contributed by atoms with van der Waals surface area (Å²) in [4.78, 5) is 26.2. The number of amides is 2. The summed E-state index contributed by atoms with van der Waals surface area (Å²) in [5.41, 5.74) is 0.839. The first-order valence-electron chi connectivity index (χ1n) is 7.44. The molecule has 0 saturated carbocycles. The molecule has 1 aromatic rings. The van der Waals surface area contributed by atoms with E-state index >= 15 is 0 Å². The van der Waals surface area contributed by atoms with Crippen molar-refractivity contribution in [3.05, 3.63) is 24.3 Å². The van der Waals surface area contributed by atoms with Gasteiger partial charge in [-0.05, 0) is 12.1 Å². The number of nitrogens with zero attached hydrogens (tertiary/aromatic N) is 1. The molecule has 1 aliphatic rings. The lowest BCUT2D eigenvalue weighted by Gasteiger charge is -2.33. The quantitative estimate of drug-likeness (QED) is 0.505. The highest BCUT2D eigenvalue weighted by molar-refractivity contribution is 5.84. The van der Waals surface area contributed by atoms with Crippen LogP contribution in [-0.2, 0) is 9.59 Å². The zero-order chi connectivity index (χ0) is 15.9. The largest absolute Gasteiger partial charge is 0.506 e. The van der Waals surface area contributed by atoms with Crippen LogP contribution >= 0.6 is 0 Å². The van der Waals surface area contributed by atoms with E-state index in [-0.39, 0.29) is 24.1 Å². The van der Waals surface area contributed by atoms with Crippen LogP contribution in [0.15, 0.2) is 24.3 Å². The Kier molecular flexibility index (Phi) is 5.60. The van der Waals surface area contributed by atoms with Crippen LogP contribution in [0.1, 0.15) is 0 Å². The zero-order valence-electron chi connectivity index (χ0n) is 12.8. The molecular formula is C15H23N4O3+. The Hall–Kier alpha value is -2.28. The fraction of sp³-hybridized carbons (Fsp3) is 0.467. The van der Waals surface area contributed by atoms with Crippen LogP contribution in [0, 0.1) is 0 Å². The predicted molar refractivity (Wildman–Crippen MR) is 83.0 cm³/mol. The molecule has 1 fully saturated rings. The van der Waals surface area contributed by atoms with E-state index in [0.717, 1.165) is 31.9 Å². The Morgan fingerprint density at radius 1 is 1.23 bits per heavy atom. The molecule has 7 nitrogen and oxygen atoms in total. The molecule has 1 heterocycles. The van der Waals surface area contributed by atoms with E-state index in [9.17, 15) is 14.7 Å². The third-order valence-corrected chi connectivity index (χ3v) is 3.83. The Morgan fingerprint density at radius 2 is 1.91 bits per heavy atom. The van der Waals surface area contributed by atoms with Crippen molar-refractivity contribution < 1.29 is 19.6 Å². The van der Waals surface area contributed by atoms with Crippen LogP contribution in [0.25, 0.3) is 0 Å². The maximum Gasteiger partial charge on any atom is 0.275 e. The van der Waals surface area contributed by atoms with Crippen molar-refractivity contribution in [3.63, 3.8) is 0 Å². The number of carbonyl (C=O) groups is 2. The summed E-state index contributed by atoms with van der Waals surface area (Å²) in [5.74, 6) is -0.0309. The highest BCUT2D eigenvalue weighted by atomic mass is 16.3. The topological polar surface area (TPSA) is 86.1 Å². The first-order valence-corrected chi connectivity index (χ1v) is 7.44. The van der Waals surface area contributed by atoms with E-state index in [4.69, 9.17) is 0 Å². The molecule has 7 heteroatoms. The Bertz CT molecular complexity index is 527. The van der Waals surface area contributed by atoms with E-state index in [1.807, 2.05) is 12.1 Å². The molecule has 1 aromatic carbocycles. The third-order valence-electron chi connectivity index (χ3n) is 3.83. The first-order chi connectivity index (χ1) is 10.6. The average molecular weight is 307 g/mol. The summed E-state index contributed by atoms with van der Waals surface area (Å²) in [6.45, 7) is 3.60. The van der Waals surface area contributed by atoms with E-state index < -0.39 is 0 Å². The minimum Gasteiger partial charge on any atom is -0.506 e. The molecule has 1 aliphatic heterocycles. The van der Waals surface area contributed by atoms with Gasteiger partial charge in [0.1, 0.15) is 5.75 Å². The Labute approximate surface area is 129 Å². The van der Waals surface area contributed by atoms with Crippen LogP contribution in [-0.4, -0.2) is 63.2 Å². The molecule has 0 unspecified atom stereocenters. The maximum atomic E-state index is 11.8. The van der Waals surface area contributed by atoms with Gasteiger partial charge in [-0.1, -0.05) is 12.1 Å². The van der Waals surface area contributed by atoms with E-state index in [1.165, 1.54) is 11.9 Å². The van der Waals surface area contributed by atoms with Crippen LogP contribution in [0.5, 0.6) is 5.75 Å². The molecule has 4 N–H and O–H groups in total. The summed E-state index contributed by atoms with van der Waals surface area (Å²) in [7, 11) is 1.54. The Balaban J connectivity index is 1.76. The summed E-state index contributed by atoms with van der Waals surface area (Å²) < 4.78 is 0. The standard InChI is InChI=1S/C15H22N4O3/c1-16-14(21)10-17-15(22)11-18-6-8-19(9-7-18)12-4-2-3-5-13(12)20/h2-5,20H,6-11H2,1H3,(H,16,21)(H,17,22)/p+1. The highest BCUT2D eigenvalue weighted by Crippen LogP contribution is 2.25. The molecule has 0 aromatic heterocycles. The van der Waals surface area contributed by atoms with Crippen molar-refractivity contribution in [3.8, 4) is 5.75 Å². The number of para-hydroxylation sites is 2. The number of carbonyl (C=O) groups excluding carboxylic acids is 2. The van der Waals surface area contributed by atoms with Gasteiger partial charge in [-0.15, -0.1) is 0 Å². The molecule has 2 rings (SSSR count). The van der Waals surface area contributed by atoms with Crippen molar-refractivity contribution >= 4 is 17.5 Å². The van der Waals surface area contributed by atoms with Gasteiger partial charge >= 0.3 is 0 Å². The number of benzene rings is 1. The maximum absolute atomic E-state index is 11.8. The van der Waals surface area contributed by atoms with Gasteiger partial charge in [0.2, 0.25) is 5.91 Å². The lowest BCUT2D eigenvalue weighted by molar-refractivity contribution is -0.892. The highest BCUT2D eigenvalue weighted by Gasteiger charge is 2.23. The third kappa shape index (κ3) is 4.36. The number of aromatic hydroxyl groups is 1. The Morgan fingerprint density at radius 3 is 2.55 bits per heavy atom. The number of likely N-dealkylation sites (N-methyl/N-ethyl adjacent to an activating group) is 1. The second-order valence-corrected chi connectivity index (χ2v) is 5.35. The van der Waals surface area contributed by atoms with Crippen molar-refractivity contribution in [2.45, 2.75) is 0 Å². The van der Waals surface area contributed by atoms with Crippen LogP contribution in [0.3, 0.4) is 0 Å². The van der Waals surface area contributed by atoms with E-state index in [1.54, 1.807) is 12.1 Å². The normalized spacial score (nSPS) is 15.4. The zero-order valence-corrected chi connectivity index (χ0v) is 12.8. The van der Waals surface area contributed by atoms with Gasteiger partial charge in [0.15, 0.2) is 6.54 Å². The molecule has 0 spiro atoms. The SMILES string of the molecule is CNC(=O)CNC(=O)C[NH+]1CCN(c2ccccc2O)CC1. The number of phenols is 1. The first kappa shape index (κ1) is 16.1. The fourth-order valence-electron chi connectivity index (χ4n) is 2.53. The van der Waals surface area contributed by atoms with Crippen LogP contribution in [0.2, 0.25) is 0 Å². The molecule has 0 aliphatic carbocycles. The number of piperazine rings is 1. The minimum atomic E-state index is -0.201. The minimum absolute atomic E-state index is 0.0205. The van der Waals surface area contributed by atoms with Crippen LogP contribution in [0.4, 0.5) is 5.69 Å². The summed E-state index contributed by atoms with van der Waals surface area (Å²) in [6.07, 6.45) is 0. The number of anilines is 1. The molecule has 1 saturated heterocycles. The monoisotopic (exact) mass is 307 g/mol.